The van der Waals surface area contributed by atoms with Gasteiger partial charge >= 0.3 is 0 Å². The lowest BCUT2D eigenvalue weighted by Crippen LogP contribution is -2.22. The zero-order chi connectivity index (χ0) is 32.1. The quantitative estimate of drug-likeness (QED) is 0.211. The number of benzene rings is 2. The summed E-state index contributed by atoms with van der Waals surface area (Å²) in [5.74, 6) is 0.867. The van der Waals surface area contributed by atoms with Gasteiger partial charge in [-0.3, -0.25) is 9.78 Å². The normalized spacial score (nSPS) is 17.9. The summed E-state index contributed by atoms with van der Waals surface area (Å²) in [5, 5.41) is 0. The summed E-state index contributed by atoms with van der Waals surface area (Å²) in [5.41, 5.74) is 11.1. The molecule has 0 aliphatic heterocycles. The molecule has 1 atom stereocenters. The lowest BCUT2D eigenvalue weighted by atomic mass is 9.77. The molecule has 0 saturated heterocycles. The number of rotatable bonds is 6. The van der Waals surface area contributed by atoms with E-state index in [4.69, 9.17) is 0 Å². The highest BCUT2D eigenvalue weighted by Crippen LogP contribution is 2.36. The summed E-state index contributed by atoms with van der Waals surface area (Å²) in [6.45, 7) is 20.2. The highest BCUT2D eigenvalue weighted by atomic mass is 16.1. The molecule has 1 aromatic heterocycles. The van der Waals surface area contributed by atoms with Crippen molar-refractivity contribution < 1.29 is 6.22 Å². The molecule has 44 heavy (non-hydrogen) atoms. The van der Waals surface area contributed by atoms with Gasteiger partial charge in [-0.05, 0) is 97.9 Å². The van der Waals surface area contributed by atoms with E-state index < -0.39 is 0 Å². The number of pyridine rings is 1. The van der Waals surface area contributed by atoms with Crippen molar-refractivity contribution >= 4 is 11.4 Å². The maximum Gasteiger partial charge on any atom is 0.170 e. The van der Waals surface area contributed by atoms with E-state index >= 15 is 0 Å². The molecule has 0 bridgehead atoms. The van der Waals surface area contributed by atoms with Crippen molar-refractivity contribution in [2.75, 3.05) is 0 Å². The van der Waals surface area contributed by atoms with Crippen LogP contribution in [0.15, 0.2) is 109 Å². The van der Waals surface area contributed by atoms with Crippen LogP contribution in [0.2, 0.25) is 0 Å². The molecule has 0 spiro atoms. The second-order valence-electron chi connectivity index (χ2n) is 12.0. The van der Waals surface area contributed by atoms with Crippen molar-refractivity contribution in [3.8, 4) is 11.1 Å². The summed E-state index contributed by atoms with van der Waals surface area (Å²) < 4.78 is 0. The van der Waals surface area contributed by atoms with Crippen LogP contribution in [0.4, 0.5) is 0 Å². The number of allylic oxidation sites excluding steroid dienone is 6. The number of Topliss-reactive ketones (excluding diaryl/α,β-unsaturated/α-hetero) is 1. The van der Waals surface area contributed by atoms with Crippen molar-refractivity contribution in [1.82, 2.24) is 4.98 Å². The van der Waals surface area contributed by atoms with Gasteiger partial charge in [0.25, 0.3) is 0 Å². The minimum Gasteiger partial charge on any atom is -0.293 e. The van der Waals surface area contributed by atoms with E-state index in [1.807, 2.05) is 71.2 Å². The zero-order valence-corrected chi connectivity index (χ0v) is 28.1. The molecule has 3 aromatic rings. The fraction of sp³-hybridized carbons (Fsp3) is 0.381. The Balaban J connectivity index is 0.000000309. The maximum atomic E-state index is 12.9. The molecule has 0 amide bonds. The SMILES string of the molecule is C=C(C)Cc1ccc(C2CCCCCC2)cc1.C=C1/C(=C\C)C=C(c2ccc(-c3ccc(C)nc3)cc2)C(=O)C1CC.CC.[HH]. The van der Waals surface area contributed by atoms with E-state index in [0.29, 0.717) is 0 Å². The highest BCUT2D eigenvalue weighted by molar-refractivity contribution is 6.24. The van der Waals surface area contributed by atoms with Crippen LogP contribution < -0.4 is 0 Å². The third kappa shape index (κ3) is 9.36. The summed E-state index contributed by atoms with van der Waals surface area (Å²) in [4.78, 5) is 17.2. The van der Waals surface area contributed by atoms with Gasteiger partial charge in [0.1, 0.15) is 0 Å². The highest BCUT2D eigenvalue weighted by Gasteiger charge is 2.29. The van der Waals surface area contributed by atoms with Crippen LogP contribution in [0, 0.1) is 12.8 Å². The lowest BCUT2D eigenvalue weighted by molar-refractivity contribution is -0.116. The predicted octanol–water partition coefficient (Wildman–Crippen LogP) is 12.1. The second-order valence-corrected chi connectivity index (χ2v) is 12.0. The number of nitrogens with zero attached hydrogens (tertiary/aromatic N) is 1. The molecule has 234 valence electrons. The average molecular weight is 590 g/mol. The summed E-state index contributed by atoms with van der Waals surface area (Å²) in [7, 11) is 0. The lowest BCUT2D eigenvalue weighted by Gasteiger charge is -2.25. The topological polar surface area (TPSA) is 30.0 Å². The Kier molecular flexibility index (Phi) is 13.8. The van der Waals surface area contributed by atoms with Gasteiger partial charge in [-0.2, -0.15) is 0 Å². The summed E-state index contributed by atoms with van der Waals surface area (Å²) in [6.07, 6.45) is 16.2. The van der Waals surface area contributed by atoms with E-state index in [0.717, 1.165) is 57.9 Å². The largest absolute Gasteiger partial charge is 0.293 e. The molecule has 5 rings (SSSR count). The Morgan fingerprint density at radius 3 is 2.02 bits per heavy atom. The average Bonchev–Trinajstić information content (AvgIpc) is 3.33. The summed E-state index contributed by atoms with van der Waals surface area (Å²) in [6, 6.07) is 21.5. The smallest absolute Gasteiger partial charge is 0.170 e. The van der Waals surface area contributed by atoms with Gasteiger partial charge < -0.3 is 0 Å². The van der Waals surface area contributed by atoms with Crippen LogP contribution >= 0.6 is 0 Å². The number of carbonyl (C=O) groups is 1. The molecule has 1 unspecified atom stereocenters. The van der Waals surface area contributed by atoms with Gasteiger partial charge in [0, 0.05) is 30.4 Å². The molecule has 2 aromatic carbocycles. The molecule has 1 fully saturated rings. The van der Waals surface area contributed by atoms with Crippen LogP contribution in [-0.4, -0.2) is 10.8 Å². The van der Waals surface area contributed by atoms with Crippen molar-refractivity contribution in [1.29, 1.82) is 0 Å². The van der Waals surface area contributed by atoms with Crippen LogP contribution in [0.3, 0.4) is 0 Å². The second kappa shape index (κ2) is 17.5. The van der Waals surface area contributed by atoms with Crippen molar-refractivity contribution in [2.45, 2.75) is 98.8 Å². The molecular formula is C42H55NO. The van der Waals surface area contributed by atoms with E-state index in [1.54, 1.807) is 5.56 Å². The van der Waals surface area contributed by atoms with Gasteiger partial charge in [0.05, 0.1) is 0 Å². The van der Waals surface area contributed by atoms with Crippen LogP contribution in [-0.2, 0) is 11.2 Å². The maximum absolute atomic E-state index is 12.9. The molecule has 0 N–H and O–H groups in total. The fourth-order valence-corrected chi connectivity index (χ4v) is 6.14. The number of carbonyl (C=O) groups excluding carboxylic acids is 1. The Bertz CT molecular complexity index is 1430. The first kappa shape index (κ1) is 34.7. The molecule has 2 heteroatoms. The van der Waals surface area contributed by atoms with E-state index in [2.05, 4.69) is 67.5 Å². The molecule has 0 radical (unpaired) electrons. The first-order chi connectivity index (χ1) is 21.3. The van der Waals surface area contributed by atoms with Gasteiger partial charge in [-0.15, -0.1) is 0 Å². The number of hydrogen-bond donors (Lipinski definition) is 0. The predicted molar refractivity (Wildman–Crippen MR) is 193 cm³/mol. The summed E-state index contributed by atoms with van der Waals surface area (Å²) >= 11 is 0. The Morgan fingerprint density at radius 2 is 1.50 bits per heavy atom. The van der Waals surface area contributed by atoms with Gasteiger partial charge in [0.15, 0.2) is 5.78 Å². The monoisotopic (exact) mass is 589 g/mol. The molecule has 1 saturated carbocycles. The molecule has 2 aliphatic carbocycles. The Morgan fingerprint density at radius 1 is 0.909 bits per heavy atom. The van der Waals surface area contributed by atoms with Gasteiger partial charge in [-0.25, -0.2) is 0 Å². The van der Waals surface area contributed by atoms with Crippen LogP contribution in [0.5, 0.6) is 0 Å². The van der Waals surface area contributed by atoms with E-state index in [1.165, 1.54) is 49.7 Å². The molecule has 1 heterocycles. The van der Waals surface area contributed by atoms with E-state index in [9.17, 15) is 4.79 Å². The van der Waals surface area contributed by atoms with Gasteiger partial charge in [-0.1, -0.05) is 126 Å². The van der Waals surface area contributed by atoms with Crippen molar-refractivity contribution in [3.05, 3.63) is 131 Å². The number of hydrogen-bond acceptors (Lipinski definition) is 2. The standard InChI is InChI=1S/C23H23NO.C17H24.C2H6.H2/c1-5-17-13-22(23(25)21(6-2)16(17)4)19-11-9-18(10-12-19)20-8-7-15(3)24-14-20;1-14(2)13-15-9-11-17(12-10-15)16-7-5-3-4-6-8-16;1-2;/h5,7-14,21H,4,6H2,1-3H3;9-12,16H,1,3-8,13H2,2H3;1-2H3;1H/b17-5-;;;. The zero-order valence-electron chi connectivity index (χ0n) is 28.1. The van der Waals surface area contributed by atoms with Crippen molar-refractivity contribution in [2.24, 2.45) is 5.92 Å². The number of ketones is 1. The minimum absolute atomic E-state index is 0. The van der Waals surface area contributed by atoms with Gasteiger partial charge in [0.2, 0.25) is 0 Å². The van der Waals surface area contributed by atoms with E-state index in [-0.39, 0.29) is 13.1 Å². The Labute approximate surface area is 269 Å². The Hall–Kier alpha value is -3.78. The fourth-order valence-electron chi connectivity index (χ4n) is 6.14. The van der Waals surface area contributed by atoms with Crippen LogP contribution in [0.25, 0.3) is 16.7 Å². The number of aromatic nitrogens is 1. The third-order valence-corrected chi connectivity index (χ3v) is 8.65. The molecular weight excluding hydrogens is 534 g/mol. The third-order valence-electron chi connectivity index (χ3n) is 8.65. The van der Waals surface area contributed by atoms with Crippen LogP contribution in [0.1, 0.15) is 109 Å². The minimum atomic E-state index is -0.118. The molecule has 2 nitrogen and oxygen atoms in total. The van der Waals surface area contributed by atoms with Crippen molar-refractivity contribution in [3.63, 3.8) is 0 Å². The first-order valence-corrected chi connectivity index (χ1v) is 16.7. The first-order valence-electron chi connectivity index (χ1n) is 16.7. The number of aryl methyl sites for hydroxylation is 1. The molecule has 2 aliphatic rings.